The molecule has 0 aromatic heterocycles. The second kappa shape index (κ2) is 5.66. The summed E-state index contributed by atoms with van der Waals surface area (Å²) in [6.07, 6.45) is 0. The van der Waals surface area contributed by atoms with E-state index in [1.807, 2.05) is 25.2 Å². The van der Waals surface area contributed by atoms with E-state index in [2.05, 4.69) is 41.7 Å². The first-order valence-electron chi connectivity index (χ1n) is 7.11. The number of hydrogen-bond donors (Lipinski definition) is 1. The van der Waals surface area contributed by atoms with Crippen molar-refractivity contribution in [2.24, 2.45) is 0 Å². The van der Waals surface area contributed by atoms with Crippen molar-refractivity contribution >= 4 is 10.8 Å². The number of aryl methyl sites for hydroxylation is 1. The minimum atomic E-state index is -0.161. The number of fused-ring (bicyclic) bond motifs is 1. The fourth-order valence-electron chi connectivity index (χ4n) is 2.85. The third-order valence-corrected chi connectivity index (χ3v) is 3.94. The molecule has 0 spiro atoms. The average molecular weight is 279 g/mol. The molecule has 0 saturated carbocycles. The molecule has 0 bridgehead atoms. The fourth-order valence-corrected chi connectivity index (χ4v) is 2.85. The minimum absolute atomic E-state index is 0.0513. The van der Waals surface area contributed by atoms with Crippen molar-refractivity contribution in [3.8, 4) is 0 Å². The number of hydrogen-bond acceptors (Lipinski definition) is 1. The van der Waals surface area contributed by atoms with Crippen LogP contribution in [0.15, 0.2) is 60.7 Å². The Bertz CT molecular complexity index is 774. The van der Waals surface area contributed by atoms with Gasteiger partial charge in [0.1, 0.15) is 5.82 Å². The zero-order chi connectivity index (χ0) is 14.8. The molecule has 3 aromatic rings. The van der Waals surface area contributed by atoms with E-state index in [0.717, 1.165) is 5.56 Å². The Hall–Kier alpha value is -2.19. The van der Waals surface area contributed by atoms with Gasteiger partial charge in [-0.25, -0.2) is 4.39 Å². The Labute approximate surface area is 124 Å². The van der Waals surface area contributed by atoms with Crippen LogP contribution in [0.4, 0.5) is 4.39 Å². The van der Waals surface area contributed by atoms with Crippen LogP contribution in [0.1, 0.15) is 22.7 Å². The van der Waals surface area contributed by atoms with Gasteiger partial charge >= 0.3 is 0 Å². The van der Waals surface area contributed by atoms with Crippen LogP contribution in [0.25, 0.3) is 10.8 Å². The number of rotatable bonds is 3. The summed E-state index contributed by atoms with van der Waals surface area (Å²) in [6, 6.07) is 20.0. The Balaban J connectivity index is 2.16. The average Bonchev–Trinajstić information content (AvgIpc) is 2.52. The molecule has 0 aliphatic carbocycles. The van der Waals surface area contributed by atoms with Gasteiger partial charge in [-0.3, -0.25) is 0 Å². The molecule has 0 radical (unpaired) electrons. The van der Waals surface area contributed by atoms with Gasteiger partial charge in [-0.05, 0) is 47.5 Å². The van der Waals surface area contributed by atoms with Gasteiger partial charge < -0.3 is 5.32 Å². The maximum absolute atomic E-state index is 13.5. The first-order valence-corrected chi connectivity index (χ1v) is 7.11. The van der Waals surface area contributed by atoms with Crippen LogP contribution in [0.3, 0.4) is 0 Å². The van der Waals surface area contributed by atoms with Gasteiger partial charge in [-0.15, -0.1) is 0 Å². The second-order valence-electron chi connectivity index (χ2n) is 5.30. The normalized spacial score (nSPS) is 12.5. The molecular formula is C19H18FN. The number of benzene rings is 3. The van der Waals surface area contributed by atoms with Crippen molar-refractivity contribution < 1.29 is 4.39 Å². The quantitative estimate of drug-likeness (QED) is 0.739. The van der Waals surface area contributed by atoms with Gasteiger partial charge in [0.15, 0.2) is 0 Å². The zero-order valence-corrected chi connectivity index (χ0v) is 12.2. The molecule has 3 rings (SSSR count). The van der Waals surface area contributed by atoms with Crippen molar-refractivity contribution in [1.82, 2.24) is 5.32 Å². The zero-order valence-electron chi connectivity index (χ0n) is 12.2. The van der Waals surface area contributed by atoms with Crippen LogP contribution >= 0.6 is 0 Å². The Morgan fingerprint density at radius 1 is 0.952 bits per heavy atom. The van der Waals surface area contributed by atoms with Gasteiger partial charge in [-0.1, -0.05) is 54.6 Å². The maximum Gasteiger partial charge on any atom is 0.126 e. The van der Waals surface area contributed by atoms with E-state index < -0.39 is 0 Å². The fraction of sp³-hybridized carbons (Fsp3) is 0.158. The number of halogens is 1. The smallest absolute Gasteiger partial charge is 0.126 e. The van der Waals surface area contributed by atoms with E-state index in [1.54, 1.807) is 13.0 Å². The number of nitrogens with one attached hydrogen (secondary N) is 1. The van der Waals surface area contributed by atoms with E-state index in [1.165, 1.54) is 16.3 Å². The molecule has 0 saturated heterocycles. The van der Waals surface area contributed by atoms with Crippen molar-refractivity contribution in [3.63, 3.8) is 0 Å². The Morgan fingerprint density at radius 3 is 2.48 bits per heavy atom. The van der Waals surface area contributed by atoms with Gasteiger partial charge in [0.05, 0.1) is 6.04 Å². The van der Waals surface area contributed by atoms with Gasteiger partial charge in [0.25, 0.3) is 0 Å². The van der Waals surface area contributed by atoms with Crippen LogP contribution < -0.4 is 5.32 Å². The molecular weight excluding hydrogens is 261 g/mol. The Kier molecular flexibility index (Phi) is 3.72. The predicted molar refractivity (Wildman–Crippen MR) is 86.0 cm³/mol. The van der Waals surface area contributed by atoms with Gasteiger partial charge in [-0.2, -0.15) is 0 Å². The molecule has 106 valence electrons. The van der Waals surface area contributed by atoms with Crippen LogP contribution in [0.2, 0.25) is 0 Å². The highest BCUT2D eigenvalue weighted by molar-refractivity contribution is 5.86. The summed E-state index contributed by atoms with van der Waals surface area (Å²) in [5.41, 5.74) is 2.96. The predicted octanol–water partition coefficient (Wildman–Crippen LogP) is 4.60. The van der Waals surface area contributed by atoms with E-state index in [4.69, 9.17) is 0 Å². The molecule has 3 aromatic carbocycles. The van der Waals surface area contributed by atoms with Crippen LogP contribution in [0, 0.1) is 12.7 Å². The summed E-state index contributed by atoms with van der Waals surface area (Å²) >= 11 is 0. The van der Waals surface area contributed by atoms with E-state index in [-0.39, 0.29) is 11.9 Å². The topological polar surface area (TPSA) is 12.0 Å². The third-order valence-electron chi connectivity index (χ3n) is 3.94. The van der Waals surface area contributed by atoms with Crippen LogP contribution in [0.5, 0.6) is 0 Å². The molecule has 0 aliphatic rings. The highest BCUT2D eigenvalue weighted by Crippen LogP contribution is 2.29. The highest BCUT2D eigenvalue weighted by atomic mass is 19.1. The molecule has 1 nitrogen and oxygen atoms in total. The molecule has 21 heavy (non-hydrogen) atoms. The molecule has 1 unspecified atom stereocenters. The summed E-state index contributed by atoms with van der Waals surface area (Å²) < 4.78 is 13.5. The van der Waals surface area contributed by atoms with Gasteiger partial charge in [0, 0.05) is 0 Å². The first kappa shape index (κ1) is 13.8. The molecule has 0 aliphatic heterocycles. The first-order chi connectivity index (χ1) is 10.2. The van der Waals surface area contributed by atoms with E-state index in [9.17, 15) is 4.39 Å². The van der Waals surface area contributed by atoms with E-state index in [0.29, 0.717) is 5.56 Å². The highest BCUT2D eigenvalue weighted by Gasteiger charge is 2.15. The van der Waals surface area contributed by atoms with Crippen LogP contribution in [-0.2, 0) is 0 Å². The second-order valence-corrected chi connectivity index (χ2v) is 5.30. The standard InChI is InChI=1S/C19H18FN/c1-13-12-15(10-11-18(13)20)19(21-2)17-9-5-7-14-6-3-4-8-16(14)17/h3-12,19,21H,1-2H3. The molecule has 2 heteroatoms. The summed E-state index contributed by atoms with van der Waals surface area (Å²) in [5, 5.41) is 5.79. The molecule has 1 N–H and O–H groups in total. The summed E-state index contributed by atoms with van der Waals surface area (Å²) in [6.45, 7) is 1.80. The lowest BCUT2D eigenvalue weighted by Gasteiger charge is -2.20. The monoisotopic (exact) mass is 279 g/mol. The molecule has 0 heterocycles. The van der Waals surface area contributed by atoms with Crippen molar-refractivity contribution in [2.75, 3.05) is 7.05 Å². The Morgan fingerprint density at radius 2 is 1.71 bits per heavy atom. The molecule has 0 fully saturated rings. The van der Waals surface area contributed by atoms with Crippen molar-refractivity contribution in [2.45, 2.75) is 13.0 Å². The van der Waals surface area contributed by atoms with E-state index >= 15 is 0 Å². The third kappa shape index (κ3) is 2.55. The van der Waals surface area contributed by atoms with Crippen molar-refractivity contribution in [1.29, 1.82) is 0 Å². The van der Waals surface area contributed by atoms with Gasteiger partial charge in [0.2, 0.25) is 0 Å². The SMILES string of the molecule is CNC(c1ccc(F)c(C)c1)c1cccc2ccccc12. The maximum atomic E-state index is 13.5. The summed E-state index contributed by atoms with van der Waals surface area (Å²) in [7, 11) is 1.94. The minimum Gasteiger partial charge on any atom is -0.309 e. The molecule has 0 amide bonds. The summed E-state index contributed by atoms with van der Waals surface area (Å²) in [5.74, 6) is -0.161. The lowest BCUT2D eigenvalue weighted by Crippen LogP contribution is -2.18. The lowest BCUT2D eigenvalue weighted by atomic mass is 9.93. The van der Waals surface area contributed by atoms with Crippen molar-refractivity contribution in [3.05, 3.63) is 83.2 Å². The molecule has 1 atom stereocenters. The summed E-state index contributed by atoms with van der Waals surface area (Å²) in [4.78, 5) is 0. The largest absolute Gasteiger partial charge is 0.309 e. The van der Waals surface area contributed by atoms with Crippen LogP contribution in [-0.4, -0.2) is 7.05 Å². The lowest BCUT2D eigenvalue weighted by molar-refractivity contribution is 0.614.